The second-order valence-corrected chi connectivity index (χ2v) is 4.04. The lowest BCUT2D eigenvalue weighted by molar-refractivity contribution is 0.0765. The van der Waals surface area contributed by atoms with Crippen LogP contribution in [0.15, 0.2) is 24.3 Å². The van der Waals surface area contributed by atoms with Gasteiger partial charge in [0.1, 0.15) is 0 Å². The molecule has 0 radical (unpaired) electrons. The molecule has 1 heterocycles. The molecule has 0 aromatic heterocycles. The van der Waals surface area contributed by atoms with E-state index < -0.39 is 0 Å². The van der Waals surface area contributed by atoms with Gasteiger partial charge >= 0.3 is 0 Å². The fourth-order valence-electron chi connectivity index (χ4n) is 1.69. The van der Waals surface area contributed by atoms with Crippen molar-refractivity contribution in [2.45, 2.75) is 6.92 Å². The van der Waals surface area contributed by atoms with E-state index in [9.17, 15) is 4.79 Å². The van der Waals surface area contributed by atoms with E-state index in [1.807, 2.05) is 36.2 Å². The van der Waals surface area contributed by atoms with Crippen LogP contribution < -0.4 is 10.7 Å². The summed E-state index contributed by atoms with van der Waals surface area (Å²) < 4.78 is 0. The Hall–Kier alpha value is -1.39. The number of aryl methyl sites for hydroxylation is 1. The van der Waals surface area contributed by atoms with Gasteiger partial charge < -0.3 is 5.32 Å². The van der Waals surface area contributed by atoms with Gasteiger partial charge in [-0.25, -0.2) is 5.01 Å². The highest BCUT2D eigenvalue weighted by Gasteiger charge is 2.13. The number of nitrogens with one attached hydrogen (secondary N) is 2. The largest absolute Gasteiger partial charge is 0.314 e. The van der Waals surface area contributed by atoms with E-state index in [2.05, 4.69) is 10.7 Å². The van der Waals surface area contributed by atoms with E-state index in [1.165, 1.54) is 5.56 Å². The van der Waals surface area contributed by atoms with Crippen LogP contribution in [0.3, 0.4) is 0 Å². The van der Waals surface area contributed by atoms with Gasteiger partial charge in [0.05, 0.1) is 0 Å². The summed E-state index contributed by atoms with van der Waals surface area (Å²) in [5.41, 5.74) is 4.79. The van der Waals surface area contributed by atoms with Gasteiger partial charge in [0, 0.05) is 31.7 Å². The molecule has 1 aromatic rings. The maximum absolute atomic E-state index is 11.9. The number of carbonyl (C=O) groups is 1. The minimum atomic E-state index is -0.0260. The molecule has 86 valence electrons. The third kappa shape index (κ3) is 2.81. The van der Waals surface area contributed by atoms with Crippen molar-refractivity contribution in [3.8, 4) is 0 Å². The number of hydrogen-bond donors (Lipinski definition) is 2. The first-order valence-corrected chi connectivity index (χ1v) is 5.59. The maximum atomic E-state index is 11.9. The average molecular weight is 219 g/mol. The molecular weight excluding hydrogens is 202 g/mol. The summed E-state index contributed by atoms with van der Waals surface area (Å²) in [5.74, 6) is -0.0260. The molecule has 0 aliphatic carbocycles. The zero-order chi connectivity index (χ0) is 11.4. The summed E-state index contributed by atoms with van der Waals surface area (Å²) in [7, 11) is 0. The highest BCUT2D eigenvalue weighted by atomic mass is 16.2. The number of nitrogens with zero attached hydrogens (tertiary/aromatic N) is 1. The van der Waals surface area contributed by atoms with Gasteiger partial charge in [-0.15, -0.1) is 0 Å². The molecule has 0 saturated carbocycles. The molecule has 1 aliphatic heterocycles. The van der Waals surface area contributed by atoms with Crippen LogP contribution in [0.2, 0.25) is 0 Å². The topological polar surface area (TPSA) is 44.4 Å². The molecule has 0 unspecified atom stereocenters. The number of piperazine rings is 1. The van der Waals surface area contributed by atoms with E-state index in [0.29, 0.717) is 5.56 Å². The van der Waals surface area contributed by atoms with Crippen LogP contribution >= 0.6 is 0 Å². The lowest BCUT2D eigenvalue weighted by atomic mass is 10.1. The standard InChI is InChI=1S/C12H17N3O/c1-10-2-4-11(5-3-10)12(16)14-15-8-6-13-7-9-15/h2-5,13H,6-9H2,1H3,(H,14,16). The first kappa shape index (κ1) is 11.1. The van der Waals surface area contributed by atoms with Crippen LogP contribution in [0.4, 0.5) is 0 Å². The summed E-state index contributed by atoms with van der Waals surface area (Å²) in [6.45, 7) is 5.58. The molecule has 1 saturated heterocycles. The van der Waals surface area contributed by atoms with E-state index in [1.54, 1.807) is 0 Å². The van der Waals surface area contributed by atoms with Crippen molar-refractivity contribution < 1.29 is 4.79 Å². The fraction of sp³-hybridized carbons (Fsp3) is 0.417. The number of hydrazine groups is 1. The number of rotatable bonds is 2. The predicted molar refractivity (Wildman–Crippen MR) is 63.1 cm³/mol. The Kier molecular flexibility index (Phi) is 3.54. The number of carbonyl (C=O) groups excluding carboxylic acids is 1. The van der Waals surface area contributed by atoms with E-state index in [0.717, 1.165) is 26.2 Å². The van der Waals surface area contributed by atoms with Crippen molar-refractivity contribution in [1.82, 2.24) is 15.8 Å². The third-order valence-corrected chi connectivity index (χ3v) is 2.69. The molecular formula is C12H17N3O. The van der Waals surface area contributed by atoms with Gasteiger partial charge in [-0.3, -0.25) is 10.2 Å². The number of benzene rings is 1. The maximum Gasteiger partial charge on any atom is 0.265 e. The first-order chi connectivity index (χ1) is 7.75. The highest BCUT2D eigenvalue weighted by molar-refractivity contribution is 5.93. The molecule has 16 heavy (non-hydrogen) atoms. The zero-order valence-electron chi connectivity index (χ0n) is 9.49. The fourth-order valence-corrected chi connectivity index (χ4v) is 1.69. The molecule has 4 heteroatoms. The third-order valence-electron chi connectivity index (χ3n) is 2.69. The molecule has 1 amide bonds. The lowest BCUT2D eigenvalue weighted by Gasteiger charge is -2.27. The van der Waals surface area contributed by atoms with Crippen molar-refractivity contribution in [3.63, 3.8) is 0 Å². The van der Waals surface area contributed by atoms with Crippen LogP contribution in [-0.2, 0) is 0 Å². The summed E-state index contributed by atoms with van der Waals surface area (Å²) in [5, 5.41) is 5.20. The minimum Gasteiger partial charge on any atom is -0.314 e. The smallest absolute Gasteiger partial charge is 0.265 e. The van der Waals surface area contributed by atoms with Crippen LogP contribution in [0.5, 0.6) is 0 Å². The van der Waals surface area contributed by atoms with Crippen molar-refractivity contribution in [2.24, 2.45) is 0 Å². The van der Waals surface area contributed by atoms with E-state index in [-0.39, 0.29) is 5.91 Å². The predicted octanol–water partition coefficient (Wildman–Crippen LogP) is 0.545. The van der Waals surface area contributed by atoms with Gasteiger partial charge in [-0.05, 0) is 19.1 Å². The highest BCUT2D eigenvalue weighted by Crippen LogP contribution is 2.03. The zero-order valence-corrected chi connectivity index (χ0v) is 9.49. The first-order valence-electron chi connectivity index (χ1n) is 5.59. The molecule has 1 aromatic carbocycles. The van der Waals surface area contributed by atoms with Crippen molar-refractivity contribution in [2.75, 3.05) is 26.2 Å². The Morgan fingerprint density at radius 2 is 1.88 bits per heavy atom. The second kappa shape index (κ2) is 5.09. The molecule has 2 rings (SSSR count). The molecule has 1 aliphatic rings. The Morgan fingerprint density at radius 1 is 1.25 bits per heavy atom. The van der Waals surface area contributed by atoms with Gasteiger partial charge in [-0.1, -0.05) is 17.7 Å². The summed E-state index contributed by atoms with van der Waals surface area (Å²) in [6.07, 6.45) is 0. The van der Waals surface area contributed by atoms with Crippen LogP contribution in [-0.4, -0.2) is 37.1 Å². The Balaban J connectivity index is 1.94. The van der Waals surface area contributed by atoms with Crippen LogP contribution in [0, 0.1) is 6.92 Å². The van der Waals surface area contributed by atoms with Crippen molar-refractivity contribution in [1.29, 1.82) is 0 Å². The molecule has 0 bridgehead atoms. The summed E-state index contributed by atoms with van der Waals surface area (Å²) >= 11 is 0. The molecule has 0 spiro atoms. The van der Waals surface area contributed by atoms with Crippen LogP contribution in [0.1, 0.15) is 15.9 Å². The molecule has 4 nitrogen and oxygen atoms in total. The van der Waals surface area contributed by atoms with Gasteiger partial charge in [0.2, 0.25) is 0 Å². The minimum absolute atomic E-state index is 0.0260. The van der Waals surface area contributed by atoms with E-state index in [4.69, 9.17) is 0 Å². The SMILES string of the molecule is Cc1ccc(C(=O)NN2CCNCC2)cc1. The quantitative estimate of drug-likeness (QED) is 0.763. The Labute approximate surface area is 95.6 Å². The van der Waals surface area contributed by atoms with E-state index >= 15 is 0 Å². The van der Waals surface area contributed by atoms with Gasteiger partial charge in [0.25, 0.3) is 5.91 Å². The monoisotopic (exact) mass is 219 g/mol. The van der Waals surface area contributed by atoms with Gasteiger partial charge in [-0.2, -0.15) is 0 Å². The summed E-state index contributed by atoms with van der Waals surface area (Å²) in [4.78, 5) is 11.9. The van der Waals surface area contributed by atoms with Crippen LogP contribution in [0.25, 0.3) is 0 Å². The van der Waals surface area contributed by atoms with Crippen molar-refractivity contribution in [3.05, 3.63) is 35.4 Å². The second-order valence-electron chi connectivity index (χ2n) is 4.04. The van der Waals surface area contributed by atoms with Crippen molar-refractivity contribution >= 4 is 5.91 Å². The summed E-state index contributed by atoms with van der Waals surface area (Å²) in [6, 6.07) is 7.61. The normalized spacial score (nSPS) is 17.1. The number of hydrogen-bond acceptors (Lipinski definition) is 3. The molecule has 1 fully saturated rings. The van der Waals surface area contributed by atoms with Gasteiger partial charge in [0.15, 0.2) is 0 Å². The average Bonchev–Trinajstić information content (AvgIpc) is 2.31. The molecule has 0 atom stereocenters. The lowest BCUT2D eigenvalue weighted by Crippen LogP contribution is -2.52. The Bertz CT molecular complexity index is 355. The number of amides is 1. The molecule has 2 N–H and O–H groups in total. The Morgan fingerprint density at radius 3 is 2.50 bits per heavy atom.